The molecule has 0 radical (unpaired) electrons. The largest absolute Gasteiger partial charge is 0.309 e. The number of benzene rings is 2. The molecule has 4 heteroatoms. The molecule has 1 unspecified atom stereocenters. The van der Waals surface area contributed by atoms with Gasteiger partial charge in [0.15, 0.2) is 5.82 Å². The minimum Gasteiger partial charge on any atom is -0.309 e. The Morgan fingerprint density at radius 3 is 2.55 bits per heavy atom. The lowest BCUT2D eigenvalue weighted by Gasteiger charge is -2.21. The van der Waals surface area contributed by atoms with Gasteiger partial charge in [0.1, 0.15) is 0 Å². The van der Waals surface area contributed by atoms with Gasteiger partial charge in [-0.3, -0.25) is 4.79 Å². The van der Waals surface area contributed by atoms with E-state index in [2.05, 4.69) is 53.8 Å². The molecule has 1 amide bonds. The Labute approximate surface area is 172 Å². The summed E-state index contributed by atoms with van der Waals surface area (Å²) in [5.41, 5.74) is 6.55. The fourth-order valence-corrected chi connectivity index (χ4v) is 3.72. The highest BCUT2D eigenvalue weighted by Gasteiger charge is 2.22. The minimum absolute atomic E-state index is 0.0129. The van der Waals surface area contributed by atoms with Crippen molar-refractivity contribution >= 4 is 11.7 Å². The SMILES string of the molecule is CCC(C)C(=O)Nc1nc2c(nc1CCc1ccccc1)-c1ccccc1CC2. The Morgan fingerprint density at radius 2 is 1.76 bits per heavy atom. The number of amides is 1. The lowest BCUT2D eigenvalue weighted by Crippen LogP contribution is -2.23. The van der Waals surface area contributed by atoms with Gasteiger partial charge in [-0.2, -0.15) is 0 Å². The van der Waals surface area contributed by atoms with E-state index >= 15 is 0 Å². The molecule has 0 saturated carbocycles. The molecule has 1 heterocycles. The van der Waals surface area contributed by atoms with E-state index in [0.29, 0.717) is 5.82 Å². The van der Waals surface area contributed by atoms with Crippen molar-refractivity contribution in [1.29, 1.82) is 0 Å². The van der Waals surface area contributed by atoms with Gasteiger partial charge in [0.2, 0.25) is 5.91 Å². The quantitative estimate of drug-likeness (QED) is 0.649. The summed E-state index contributed by atoms with van der Waals surface area (Å²) in [4.78, 5) is 22.5. The van der Waals surface area contributed by atoms with E-state index in [1.807, 2.05) is 19.9 Å². The van der Waals surface area contributed by atoms with E-state index in [9.17, 15) is 4.79 Å². The van der Waals surface area contributed by atoms with Gasteiger partial charge in [0.25, 0.3) is 0 Å². The number of hydrogen-bond donors (Lipinski definition) is 1. The van der Waals surface area contributed by atoms with E-state index in [4.69, 9.17) is 9.97 Å². The fraction of sp³-hybridized carbons (Fsp3) is 0.320. The van der Waals surface area contributed by atoms with Crippen LogP contribution < -0.4 is 5.32 Å². The molecule has 3 aromatic rings. The smallest absolute Gasteiger partial charge is 0.228 e. The normalized spacial score (nSPS) is 13.3. The summed E-state index contributed by atoms with van der Waals surface area (Å²) >= 11 is 0. The molecule has 148 valence electrons. The topological polar surface area (TPSA) is 54.9 Å². The summed E-state index contributed by atoms with van der Waals surface area (Å²) in [5, 5.41) is 3.06. The number of aromatic nitrogens is 2. The van der Waals surface area contributed by atoms with Crippen LogP contribution in [0, 0.1) is 5.92 Å². The number of hydrogen-bond acceptors (Lipinski definition) is 3. The van der Waals surface area contributed by atoms with E-state index in [1.165, 1.54) is 16.7 Å². The van der Waals surface area contributed by atoms with Crippen molar-refractivity contribution in [1.82, 2.24) is 9.97 Å². The van der Waals surface area contributed by atoms with Crippen LogP contribution in [0.15, 0.2) is 54.6 Å². The van der Waals surface area contributed by atoms with E-state index in [-0.39, 0.29) is 11.8 Å². The molecule has 0 bridgehead atoms. The van der Waals surface area contributed by atoms with Gasteiger partial charge >= 0.3 is 0 Å². The van der Waals surface area contributed by atoms with Crippen molar-refractivity contribution in [3.63, 3.8) is 0 Å². The predicted molar refractivity (Wildman–Crippen MR) is 117 cm³/mol. The van der Waals surface area contributed by atoms with Crippen LogP contribution in [-0.4, -0.2) is 15.9 Å². The fourth-order valence-electron chi connectivity index (χ4n) is 3.72. The van der Waals surface area contributed by atoms with Gasteiger partial charge in [-0.15, -0.1) is 0 Å². The molecular weight excluding hydrogens is 358 g/mol. The first-order chi connectivity index (χ1) is 14.2. The molecule has 0 saturated heterocycles. The van der Waals surface area contributed by atoms with Gasteiger partial charge in [0.05, 0.1) is 17.1 Å². The van der Waals surface area contributed by atoms with Crippen molar-refractivity contribution in [3.05, 3.63) is 77.1 Å². The third kappa shape index (κ3) is 4.21. The summed E-state index contributed by atoms with van der Waals surface area (Å²) in [6.45, 7) is 3.97. The number of carbonyl (C=O) groups excluding carboxylic acids is 1. The Kier molecular flexibility index (Phi) is 5.70. The molecule has 0 fully saturated rings. The maximum atomic E-state index is 12.6. The number of fused-ring (bicyclic) bond motifs is 3. The summed E-state index contributed by atoms with van der Waals surface area (Å²) in [6, 6.07) is 18.8. The van der Waals surface area contributed by atoms with Crippen molar-refractivity contribution in [3.8, 4) is 11.3 Å². The Balaban J connectivity index is 1.70. The zero-order valence-corrected chi connectivity index (χ0v) is 17.1. The van der Waals surface area contributed by atoms with Crippen LogP contribution in [0.4, 0.5) is 5.82 Å². The van der Waals surface area contributed by atoms with Crippen LogP contribution >= 0.6 is 0 Å². The molecule has 4 nitrogen and oxygen atoms in total. The van der Waals surface area contributed by atoms with Crippen LogP contribution in [-0.2, 0) is 30.5 Å². The van der Waals surface area contributed by atoms with E-state index < -0.39 is 0 Å². The summed E-state index contributed by atoms with van der Waals surface area (Å²) in [5.74, 6) is 0.596. The third-order valence-electron chi connectivity index (χ3n) is 5.74. The highest BCUT2D eigenvalue weighted by atomic mass is 16.1. The molecule has 1 N–H and O–H groups in total. The first-order valence-corrected chi connectivity index (χ1v) is 10.5. The van der Waals surface area contributed by atoms with Crippen LogP contribution in [0.3, 0.4) is 0 Å². The average Bonchev–Trinajstić information content (AvgIpc) is 2.77. The third-order valence-corrected chi connectivity index (χ3v) is 5.74. The van der Waals surface area contributed by atoms with Crippen molar-refractivity contribution in [2.45, 2.75) is 46.0 Å². The Morgan fingerprint density at radius 1 is 1.00 bits per heavy atom. The maximum absolute atomic E-state index is 12.6. The molecular formula is C25H27N3O. The predicted octanol–water partition coefficient (Wildman–Crippen LogP) is 5.01. The maximum Gasteiger partial charge on any atom is 0.228 e. The first-order valence-electron chi connectivity index (χ1n) is 10.5. The average molecular weight is 386 g/mol. The summed E-state index contributed by atoms with van der Waals surface area (Å²) < 4.78 is 0. The highest BCUT2D eigenvalue weighted by Crippen LogP contribution is 2.33. The monoisotopic (exact) mass is 385 g/mol. The molecule has 0 spiro atoms. The number of aryl methyl sites for hydroxylation is 4. The van der Waals surface area contributed by atoms with E-state index in [0.717, 1.165) is 49.2 Å². The standard InChI is InChI=1S/C25H27N3O/c1-3-17(2)25(29)28-24-22(15-13-18-9-5-4-6-10-18)26-23-20-12-8-7-11-19(20)14-16-21(23)27-24/h4-12,17H,3,13-16H2,1-2H3,(H,27,28,29). The molecule has 1 atom stereocenters. The number of anilines is 1. The lowest BCUT2D eigenvalue weighted by atomic mass is 9.91. The van der Waals surface area contributed by atoms with Gasteiger partial charge in [-0.05, 0) is 43.2 Å². The highest BCUT2D eigenvalue weighted by molar-refractivity contribution is 5.92. The zero-order valence-electron chi connectivity index (χ0n) is 17.1. The van der Waals surface area contributed by atoms with Crippen molar-refractivity contribution in [2.24, 2.45) is 5.92 Å². The number of nitrogens with zero attached hydrogens (tertiary/aromatic N) is 2. The number of rotatable bonds is 6. The molecule has 0 aliphatic heterocycles. The number of nitrogens with one attached hydrogen (secondary N) is 1. The second kappa shape index (κ2) is 8.56. The van der Waals surface area contributed by atoms with Gasteiger partial charge in [-0.25, -0.2) is 9.97 Å². The molecule has 1 aliphatic carbocycles. The second-order valence-electron chi connectivity index (χ2n) is 7.76. The van der Waals surface area contributed by atoms with Crippen LogP contribution in [0.2, 0.25) is 0 Å². The summed E-state index contributed by atoms with van der Waals surface area (Å²) in [7, 11) is 0. The van der Waals surface area contributed by atoms with Gasteiger partial charge < -0.3 is 5.32 Å². The van der Waals surface area contributed by atoms with E-state index in [1.54, 1.807) is 0 Å². The molecule has 29 heavy (non-hydrogen) atoms. The van der Waals surface area contributed by atoms with Crippen molar-refractivity contribution in [2.75, 3.05) is 5.32 Å². The summed E-state index contributed by atoms with van der Waals surface area (Å²) in [6.07, 6.45) is 4.21. The van der Waals surface area contributed by atoms with Crippen molar-refractivity contribution < 1.29 is 4.79 Å². The van der Waals surface area contributed by atoms with Crippen LogP contribution in [0.1, 0.15) is 42.8 Å². The molecule has 4 rings (SSSR count). The molecule has 1 aliphatic rings. The van der Waals surface area contributed by atoms with Crippen LogP contribution in [0.5, 0.6) is 0 Å². The second-order valence-corrected chi connectivity index (χ2v) is 7.76. The van der Waals surface area contributed by atoms with Crippen LogP contribution in [0.25, 0.3) is 11.3 Å². The lowest BCUT2D eigenvalue weighted by molar-refractivity contribution is -0.119. The Hall–Kier alpha value is -3.01. The van der Waals surface area contributed by atoms with Gasteiger partial charge in [-0.1, -0.05) is 68.4 Å². The first kappa shape index (κ1) is 19.3. The molecule has 2 aromatic carbocycles. The molecule has 1 aromatic heterocycles. The zero-order chi connectivity index (χ0) is 20.2. The number of carbonyl (C=O) groups is 1. The van der Waals surface area contributed by atoms with Gasteiger partial charge in [0, 0.05) is 11.5 Å². The Bertz CT molecular complexity index is 1010. The minimum atomic E-state index is -0.0458.